The molecule has 0 saturated heterocycles. The lowest BCUT2D eigenvalue weighted by molar-refractivity contribution is -0.161. The summed E-state index contributed by atoms with van der Waals surface area (Å²) < 4.78 is 68.3. The molecule has 0 rings (SSSR count). The third-order valence-corrected chi connectivity index (χ3v) is 18.9. The SMILES string of the molecule is CCCCCCCCCCCCCCCCCCCCCCCC(=O)O[C@H](COC(=O)CCCCCCCCCCCC(C)C)COP(=O)(O)OC[C@@H](O)COP(=O)(O)OC[C@@H](COC(=O)CCCCCCCCCCC)OC(=O)CCCCCCCCCCCC. The minimum Gasteiger partial charge on any atom is -0.462 e. The molecule has 0 aliphatic heterocycles. The number of aliphatic hydroxyl groups excluding tert-OH is 1. The maximum Gasteiger partial charge on any atom is 0.472 e. The van der Waals surface area contributed by atoms with Crippen molar-refractivity contribution in [2.45, 2.75) is 400 Å². The first-order chi connectivity index (χ1) is 44.5. The zero-order valence-electron chi connectivity index (χ0n) is 59.7. The summed E-state index contributed by atoms with van der Waals surface area (Å²) in [7, 11) is -9.90. The Bertz CT molecular complexity index is 1770. The molecule has 2 unspecified atom stereocenters. The van der Waals surface area contributed by atoms with E-state index in [1.807, 2.05) is 0 Å². The van der Waals surface area contributed by atoms with Gasteiger partial charge >= 0.3 is 39.5 Å². The first-order valence-electron chi connectivity index (χ1n) is 38.1. The normalized spacial score (nSPS) is 14.0. The van der Waals surface area contributed by atoms with E-state index in [2.05, 4.69) is 34.6 Å². The Balaban J connectivity index is 5.16. The molecule has 3 N–H and O–H groups in total. The largest absolute Gasteiger partial charge is 0.472 e. The Morgan fingerprint density at radius 3 is 0.739 bits per heavy atom. The van der Waals surface area contributed by atoms with E-state index in [9.17, 15) is 43.2 Å². The molecule has 0 fully saturated rings. The number of ether oxygens (including phenoxy) is 4. The second-order valence-corrected chi connectivity index (χ2v) is 29.7. The van der Waals surface area contributed by atoms with Crippen molar-refractivity contribution in [1.82, 2.24) is 0 Å². The maximum absolute atomic E-state index is 13.0. The summed E-state index contributed by atoms with van der Waals surface area (Å²) in [6.07, 6.45) is 54.3. The zero-order valence-corrected chi connectivity index (χ0v) is 61.5. The molecule has 19 heteroatoms. The van der Waals surface area contributed by atoms with E-state index < -0.39 is 97.5 Å². The van der Waals surface area contributed by atoms with Crippen molar-refractivity contribution in [2.24, 2.45) is 5.92 Å². The minimum atomic E-state index is -4.95. The van der Waals surface area contributed by atoms with Gasteiger partial charge in [-0.1, -0.05) is 330 Å². The lowest BCUT2D eigenvalue weighted by Gasteiger charge is -2.21. The zero-order chi connectivity index (χ0) is 67.7. The van der Waals surface area contributed by atoms with Crippen molar-refractivity contribution in [3.05, 3.63) is 0 Å². The van der Waals surface area contributed by atoms with Crippen molar-refractivity contribution in [2.75, 3.05) is 39.6 Å². The first kappa shape index (κ1) is 90.1. The number of unbranched alkanes of at least 4 members (excludes halogenated alkanes) is 45. The van der Waals surface area contributed by atoms with Crippen LogP contribution in [-0.2, 0) is 65.4 Å². The van der Waals surface area contributed by atoms with Crippen molar-refractivity contribution >= 4 is 39.5 Å². The van der Waals surface area contributed by atoms with Crippen LogP contribution < -0.4 is 0 Å². The van der Waals surface area contributed by atoms with E-state index in [-0.39, 0.29) is 25.7 Å². The summed E-state index contributed by atoms with van der Waals surface area (Å²) in [5.74, 6) is -1.38. The van der Waals surface area contributed by atoms with E-state index in [4.69, 9.17) is 37.0 Å². The lowest BCUT2D eigenvalue weighted by atomic mass is 10.0. The molecule has 0 radical (unpaired) electrons. The van der Waals surface area contributed by atoms with Crippen molar-refractivity contribution in [3.63, 3.8) is 0 Å². The van der Waals surface area contributed by atoms with Gasteiger partial charge in [0, 0.05) is 25.7 Å². The first-order valence-corrected chi connectivity index (χ1v) is 41.1. The smallest absolute Gasteiger partial charge is 0.462 e. The predicted molar refractivity (Wildman–Crippen MR) is 372 cm³/mol. The Morgan fingerprint density at radius 2 is 0.500 bits per heavy atom. The van der Waals surface area contributed by atoms with Gasteiger partial charge in [0.05, 0.1) is 26.4 Å². The lowest BCUT2D eigenvalue weighted by Crippen LogP contribution is -2.30. The monoisotopic (exact) mass is 1350 g/mol. The van der Waals surface area contributed by atoms with Gasteiger partial charge in [0.1, 0.15) is 19.3 Å². The summed E-state index contributed by atoms with van der Waals surface area (Å²) in [6.45, 7) is 7.22. The highest BCUT2D eigenvalue weighted by Crippen LogP contribution is 2.45. The Hall–Kier alpha value is -1.94. The summed E-state index contributed by atoms with van der Waals surface area (Å²) in [6, 6.07) is 0. The van der Waals surface area contributed by atoms with Gasteiger partial charge in [-0.25, -0.2) is 9.13 Å². The molecule has 0 heterocycles. The van der Waals surface area contributed by atoms with E-state index in [1.165, 1.54) is 205 Å². The van der Waals surface area contributed by atoms with Gasteiger partial charge in [-0.05, 0) is 31.6 Å². The molecule has 0 bridgehead atoms. The van der Waals surface area contributed by atoms with Crippen molar-refractivity contribution in [1.29, 1.82) is 0 Å². The highest BCUT2D eigenvalue weighted by atomic mass is 31.2. The Morgan fingerprint density at radius 1 is 0.293 bits per heavy atom. The fraction of sp³-hybridized carbons (Fsp3) is 0.945. The van der Waals surface area contributed by atoms with Crippen LogP contribution in [-0.4, -0.2) is 96.7 Å². The van der Waals surface area contributed by atoms with E-state index in [0.717, 1.165) is 95.8 Å². The van der Waals surface area contributed by atoms with E-state index >= 15 is 0 Å². The number of hydrogen-bond donors (Lipinski definition) is 3. The summed E-state index contributed by atoms with van der Waals surface area (Å²) >= 11 is 0. The molecular weight excluding hydrogens is 1210 g/mol. The summed E-state index contributed by atoms with van der Waals surface area (Å²) in [5.41, 5.74) is 0. The predicted octanol–water partition coefficient (Wildman–Crippen LogP) is 21.3. The van der Waals surface area contributed by atoms with Crippen LogP contribution in [0.1, 0.15) is 381 Å². The number of carbonyl (C=O) groups excluding carboxylic acids is 4. The van der Waals surface area contributed by atoms with Crippen LogP contribution in [0.15, 0.2) is 0 Å². The van der Waals surface area contributed by atoms with Gasteiger partial charge in [0.25, 0.3) is 0 Å². The molecular formula is C73H142O17P2. The molecule has 546 valence electrons. The quantitative estimate of drug-likeness (QED) is 0.0222. The van der Waals surface area contributed by atoms with Crippen LogP contribution in [0, 0.1) is 5.92 Å². The molecule has 92 heavy (non-hydrogen) atoms. The molecule has 0 aromatic carbocycles. The molecule has 0 aliphatic carbocycles. The number of hydrogen-bond acceptors (Lipinski definition) is 15. The average molecular weight is 1350 g/mol. The number of esters is 4. The molecule has 0 aromatic rings. The van der Waals surface area contributed by atoms with Crippen LogP contribution >= 0.6 is 15.6 Å². The standard InChI is InChI=1S/C73H142O17P2/c1-6-9-12-15-18-21-23-24-25-26-27-28-29-30-31-32-33-38-44-49-54-59-73(78)90-69(63-84-71(76)57-52-47-42-39-34-36-40-45-50-55-66(4)5)65-88-92(81,82)86-61-67(74)60-85-91(79,80)87-64-68(62-83-70(75)56-51-46-41-35-20-17-14-11-8-3)89-72(77)58-53-48-43-37-22-19-16-13-10-7-2/h66-69,74H,6-65H2,1-5H3,(H,79,80)(H,81,82)/t67-,68+,69+/m0/s1. The number of rotatable bonds is 73. The molecule has 0 spiro atoms. The maximum atomic E-state index is 13.0. The van der Waals surface area contributed by atoms with Gasteiger partial charge in [0.2, 0.25) is 0 Å². The van der Waals surface area contributed by atoms with Crippen LogP contribution in [0.2, 0.25) is 0 Å². The van der Waals surface area contributed by atoms with Crippen molar-refractivity contribution < 1.29 is 80.2 Å². The van der Waals surface area contributed by atoms with Gasteiger partial charge in [-0.15, -0.1) is 0 Å². The van der Waals surface area contributed by atoms with E-state index in [1.54, 1.807) is 0 Å². The average Bonchev–Trinajstić information content (AvgIpc) is 3.14. The fourth-order valence-electron chi connectivity index (χ4n) is 11.2. The Labute approximate surface area is 562 Å². The minimum absolute atomic E-state index is 0.107. The van der Waals surface area contributed by atoms with Crippen LogP contribution in [0.3, 0.4) is 0 Å². The van der Waals surface area contributed by atoms with Gasteiger partial charge in [0.15, 0.2) is 12.2 Å². The van der Waals surface area contributed by atoms with Crippen LogP contribution in [0.5, 0.6) is 0 Å². The number of carbonyl (C=O) groups is 4. The molecule has 5 atom stereocenters. The third kappa shape index (κ3) is 66.7. The third-order valence-electron chi connectivity index (χ3n) is 17.0. The Kier molecular flexibility index (Phi) is 64.9. The highest BCUT2D eigenvalue weighted by Gasteiger charge is 2.30. The van der Waals surface area contributed by atoms with E-state index in [0.29, 0.717) is 25.7 Å². The number of aliphatic hydroxyl groups is 1. The molecule has 0 saturated carbocycles. The van der Waals surface area contributed by atoms with Crippen LogP contribution in [0.4, 0.5) is 0 Å². The second kappa shape index (κ2) is 66.3. The highest BCUT2D eigenvalue weighted by molar-refractivity contribution is 7.47. The van der Waals surface area contributed by atoms with Gasteiger partial charge in [-0.3, -0.25) is 37.3 Å². The molecule has 17 nitrogen and oxygen atoms in total. The fourth-order valence-corrected chi connectivity index (χ4v) is 12.8. The number of phosphoric acid groups is 2. The summed E-state index contributed by atoms with van der Waals surface area (Å²) in [5, 5.41) is 10.6. The summed E-state index contributed by atoms with van der Waals surface area (Å²) in [4.78, 5) is 72.5. The number of phosphoric ester groups is 2. The van der Waals surface area contributed by atoms with Gasteiger partial charge in [-0.2, -0.15) is 0 Å². The molecule has 0 aromatic heterocycles. The second-order valence-electron chi connectivity index (χ2n) is 26.8. The van der Waals surface area contributed by atoms with Gasteiger partial charge < -0.3 is 33.8 Å². The molecule has 0 aliphatic rings. The topological polar surface area (TPSA) is 237 Å². The van der Waals surface area contributed by atoms with Crippen molar-refractivity contribution in [3.8, 4) is 0 Å². The molecule has 0 amide bonds. The van der Waals surface area contributed by atoms with Crippen LogP contribution in [0.25, 0.3) is 0 Å².